The van der Waals surface area contributed by atoms with Crippen LogP contribution in [-0.4, -0.2) is 41.3 Å². The predicted octanol–water partition coefficient (Wildman–Crippen LogP) is 4.63. The predicted molar refractivity (Wildman–Crippen MR) is 119 cm³/mol. The lowest BCUT2D eigenvalue weighted by Gasteiger charge is -2.13. The molecule has 5 rings (SSSR count). The molecule has 4 aromatic heterocycles. The average molecular weight is 467 g/mol. The second-order valence-electron chi connectivity index (χ2n) is 7.89. The highest BCUT2D eigenvalue weighted by molar-refractivity contribution is 5.75. The van der Waals surface area contributed by atoms with Crippen molar-refractivity contribution in [3.63, 3.8) is 0 Å². The number of benzene rings is 1. The molecule has 0 aliphatic heterocycles. The van der Waals surface area contributed by atoms with Crippen molar-refractivity contribution >= 4 is 5.65 Å². The highest BCUT2D eigenvalue weighted by Gasteiger charge is 2.38. The molecule has 0 radical (unpaired) electrons. The van der Waals surface area contributed by atoms with Gasteiger partial charge in [0.15, 0.2) is 11.3 Å². The van der Waals surface area contributed by atoms with E-state index in [-0.39, 0.29) is 11.3 Å². The van der Waals surface area contributed by atoms with Gasteiger partial charge in [-0.05, 0) is 44.2 Å². The van der Waals surface area contributed by atoms with Crippen molar-refractivity contribution in [1.29, 1.82) is 0 Å². The summed E-state index contributed by atoms with van der Waals surface area (Å²) in [5.74, 6) is 0.674. The largest absolute Gasteiger partial charge is 0.497 e. The Kier molecular flexibility index (Phi) is 4.92. The molecule has 5 aromatic rings. The van der Waals surface area contributed by atoms with E-state index in [4.69, 9.17) is 4.74 Å². The molecule has 0 saturated carbocycles. The van der Waals surface area contributed by atoms with E-state index in [2.05, 4.69) is 20.3 Å². The van der Waals surface area contributed by atoms with Crippen LogP contribution in [0.25, 0.3) is 33.8 Å². The number of halogens is 3. The molecule has 0 amide bonds. The topological polar surface area (TPSA) is 75.1 Å². The minimum absolute atomic E-state index is 0.117. The van der Waals surface area contributed by atoms with Crippen LogP contribution < -0.4 is 4.74 Å². The molecule has 0 bridgehead atoms. The fourth-order valence-corrected chi connectivity index (χ4v) is 4.06. The molecular formula is C23H20F3N7O. The first-order valence-electron chi connectivity index (χ1n) is 10.3. The van der Waals surface area contributed by atoms with E-state index in [1.807, 2.05) is 32.0 Å². The Bertz CT molecular complexity index is 1510. The summed E-state index contributed by atoms with van der Waals surface area (Å²) in [5, 5.41) is 12.9. The summed E-state index contributed by atoms with van der Waals surface area (Å²) in [6.07, 6.45) is -1.77. The summed E-state index contributed by atoms with van der Waals surface area (Å²) >= 11 is 0. The SMILES string of the molecule is COc1ccc(-c2c(-n3nc(C)cc3C)cnc3cc(-c4cnn(C)c4C(F)(F)F)nn23)cc1. The van der Waals surface area contributed by atoms with Crippen molar-refractivity contribution in [1.82, 2.24) is 34.2 Å². The first-order chi connectivity index (χ1) is 16.2. The Morgan fingerprint density at radius 3 is 2.32 bits per heavy atom. The summed E-state index contributed by atoms with van der Waals surface area (Å²) in [4.78, 5) is 4.48. The minimum atomic E-state index is -4.59. The third-order valence-electron chi connectivity index (χ3n) is 5.55. The van der Waals surface area contributed by atoms with Gasteiger partial charge in [-0.15, -0.1) is 0 Å². The number of hydrogen-bond acceptors (Lipinski definition) is 5. The summed E-state index contributed by atoms with van der Waals surface area (Å²) in [6.45, 7) is 3.80. The molecule has 0 aliphatic carbocycles. The normalized spacial score (nSPS) is 12.0. The summed E-state index contributed by atoms with van der Waals surface area (Å²) in [7, 11) is 2.83. The zero-order chi connectivity index (χ0) is 24.2. The second-order valence-corrected chi connectivity index (χ2v) is 7.89. The smallest absolute Gasteiger partial charge is 0.433 e. The average Bonchev–Trinajstić information content (AvgIpc) is 3.48. The van der Waals surface area contributed by atoms with E-state index in [1.165, 1.54) is 23.8 Å². The molecule has 0 unspecified atom stereocenters. The molecule has 8 nitrogen and oxygen atoms in total. The van der Waals surface area contributed by atoms with Gasteiger partial charge in [-0.25, -0.2) is 14.2 Å². The number of methoxy groups -OCH3 is 1. The van der Waals surface area contributed by atoms with Crippen molar-refractivity contribution in [2.75, 3.05) is 7.11 Å². The molecule has 0 spiro atoms. The maximum Gasteiger partial charge on any atom is 0.433 e. The zero-order valence-corrected chi connectivity index (χ0v) is 18.8. The fraction of sp³-hybridized carbons (Fsp3) is 0.217. The monoisotopic (exact) mass is 467 g/mol. The maximum atomic E-state index is 13.7. The Labute approximate surface area is 192 Å². The molecule has 11 heteroatoms. The molecule has 34 heavy (non-hydrogen) atoms. The molecule has 1 aromatic carbocycles. The van der Waals surface area contributed by atoms with Gasteiger partial charge in [0.25, 0.3) is 0 Å². The van der Waals surface area contributed by atoms with Gasteiger partial charge in [0.2, 0.25) is 0 Å². The fourth-order valence-electron chi connectivity index (χ4n) is 4.06. The van der Waals surface area contributed by atoms with Gasteiger partial charge in [0.1, 0.15) is 17.1 Å². The second kappa shape index (κ2) is 7.72. The standard InChI is InChI=1S/C23H20F3N7O/c1-13-9-14(2)32(29-13)19-12-27-20-10-18(17-11-28-31(3)22(17)23(24,25)26)30-33(20)21(19)15-5-7-16(34-4)8-6-15/h5-12H,1-4H3. The molecule has 174 valence electrons. The van der Waals surface area contributed by atoms with Crippen molar-refractivity contribution < 1.29 is 17.9 Å². The number of hydrogen-bond donors (Lipinski definition) is 0. The Morgan fingerprint density at radius 1 is 0.971 bits per heavy atom. The number of nitrogens with zero attached hydrogens (tertiary/aromatic N) is 7. The van der Waals surface area contributed by atoms with Crippen LogP contribution in [0.2, 0.25) is 0 Å². The van der Waals surface area contributed by atoms with Crippen molar-refractivity contribution in [3.05, 3.63) is 65.9 Å². The minimum Gasteiger partial charge on any atom is -0.497 e. The number of rotatable bonds is 4. The Hall–Kier alpha value is -4.15. The van der Waals surface area contributed by atoms with Crippen LogP contribution in [0, 0.1) is 13.8 Å². The van der Waals surface area contributed by atoms with Gasteiger partial charge in [-0.3, -0.25) is 4.68 Å². The summed E-state index contributed by atoms with van der Waals surface area (Å²) in [6, 6.07) is 10.8. The van der Waals surface area contributed by atoms with Crippen molar-refractivity contribution in [2.24, 2.45) is 7.05 Å². The van der Waals surface area contributed by atoms with E-state index < -0.39 is 11.9 Å². The molecule has 0 fully saturated rings. The van der Waals surface area contributed by atoms with E-state index in [0.717, 1.165) is 21.6 Å². The number of ether oxygens (including phenoxy) is 1. The van der Waals surface area contributed by atoms with Crippen LogP contribution in [0.1, 0.15) is 17.1 Å². The van der Waals surface area contributed by atoms with Crippen LogP contribution in [0.15, 0.2) is 48.8 Å². The van der Waals surface area contributed by atoms with Crippen LogP contribution in [-0.2, 0) is 13.2 Å². The molecular weight excluding hydrogens is 447 g/mol. The van der Waals surface area contributed by atoms with Crippen LogP contribution in [0.4, 0.5) is 13.2 Å². The molecule has 0 aliphatic rings. The Balaban J connectivity index is 1.79. The molecule has 4 heterocycles. The van der Waals surface area contributed by atoms with Gasteiger partial charge < -0.3 is 4.74 Å². The quantitative estimate of drug-likeness (QED) is 0.385. The summed E-state index contributed by atoms with van der Waals surface area (Å²) in [5.41, 5.74) is 3.26. The van der Waals surface area contributed by atoms with Crippen molar-refractivity contribution in [3.8, 4) is 34.0 Å². The lowest BCUT2D eigenvalue weighted by molar-refractivity contribution is -0.143. The zero-order valence-electron chi connectivity index (χ0n) is 18.8. The highest BCUT2D eigenvalue weighted by Crippen LogP contribution is 2.37. The number of fused-ring (bicyclic) bond motifs is 1. The molecule has 0 atom stereocenters. The van der Waals surface area contributed by atoms with Gasteiger partial charge >= 0.3 is 6.18 Å². The van der Waals surface area contributed by atoms with Gasteiger partial charge in [0.05, 0.1) is 36.5 Å². The molecule has 0 N–H and O–H groups in total. The number of aryl methyl sites for hydroxylation is 3. The van der Waals surface area contributed by atoms with E-state index in [1.54, 1.807) is 30.1 Å². The lowest BCUT2D eigenvalue weighted by atomic mass is 10.1. The molecule has 0 saturated heterocycles. The maximum absolute atomic E-state index is 13.7. The Morgan fingerprint density at radius 2 is 1.71 bits per heavy atom. The van der Waals surface area contributed by atoms with Crippen LogP contribution in [0.5, 0.6) is 5.75 Å². The first-order valence-corrected chi connectivity index (χ1v) is 10.3. The summed E-state index contributed by atoms with van der Waals surface area (Å²) < 4.78 is 50.4. The third kappa shape index (κ3) is 3.49. The van der Waals surface area contributed by atoms with Gasteiger partial charge in [-0.1, -0.05) is 0 Å². The first kappa shape index (κ1) is 21.7. The van der Waals surface area contributed by atoms with E-state index in [9.17, 15) is 13.2 Å². The third-order valence-corrected chi connectivity index (χ3v) is 5.55. The van der Waals surface area contributed by atoms with Gasteiger partial charge in [0, 0.05) is 24.4 Å². The van der Waals surface area contributed by atoms with E-state index in [0.29, 0.717) is 22.8 Å². The van der Waals surface area contributed by atoms with Gasteiger partial charge in [-0.2, -0.15) is 28.5 Å². The van der Waals surface area contributed by atoms with E-state index >= 15 is 0 Å². The highest BCUT2D eigenvalue weighted by atomic mass is 19.4. The number of aromatic nitrogens is 7. The van der Waals surface area contributed by atoms with Crippen LogP contribution >= 0.6 is 0 Å². The lowest BCUT2D eigenvalue weighted by Crippen LogP contribution is -2.13. The van der Waals surface area contributed by atoms with Crippen molar-refractivity contribution in [2.45, 2.75) is 20.0 Å². The van der Waals surface area contributed by atoms with Crippen LogP contribution in [0.3, 0.4) is 0 Å². The number of alkyl halides is 3.